The summed E-state index contributed by atoms with van der Waals surface area (Å²) in [4.78, 5) is 29.8. The van der Waals surface area contributed by atoms with E-state index in [4.69, 9.17) is 9.84 Å². The number of carbonyl (C=O) groups excluding carboxylic acids is 1. The maximum Gasteiger partial charge on any atom is 0.303 e. The van der Waals surface area contributed by atoms with E-state index in [9.17, 15) is 9.59 Å². The van der Waals surface area contributed by atoms with Crippen molar-refractivity contribution in [2.24, 2.45) is 0 Å². The number of likely N-dealkylation sites (tertiary alicyclic amines) is 1. The summed E-state index contributed by atoms with van der Waals surface area (Å²) < 4.78 is 5.77. The molecular formula is C20H22N2O4. The van der Waals surface area contributed by atoms with E-state index in [-0.39, 0.29) is 18.4 Å². The molecule has 1 aromatic heterocycles. The van der Waals surface area contributed by atoms with Crippen molar-refractivity contribution in [2.45, 2.75) is 38.1 Å². The summed E-state index contributed by atoms with van der Waals surface area (Å²) in [6, 6.07) is 12.6. The van der Waals surface area contributed by atoms with E-state index in [0.717, 1.165) is 19.3 Å². The van der Waals surface area contributed by atoms with Crippen LogP contribution in [0.2, 0.25) is 0 Å². The number of nitrogens with zero attached hydrogens (tertiary/aromatic N) is 2. The Bertz CT molecular complexity index is 763. The molecule has 1 N–H and O–H groups in total. The molecule has 2 aromatic rings. The summed E-state index contributed by atoms with van der Waals surface area (Å²) >= 11 is 0. The first-order valence-corrected chi connectivity index (χ1v) is 8.85. The monoisotopic (exact) mass is 354 g/mol. The number of para-hydroxylation sites is 1. The number of hydrogen-bond donors (Lipinski definition) is 1. The van der Waals surface area contributed by atoms with Gasteiger partial charge >= 0.3 is 5.97 Å². The number of hydrogen-bond acceptors (Lipinski definition) is 4. The summed E-state index contributed by atoms with van der Waals surface area (Å²) in [6.07, 6.45) is 4.87. The Morgan fingerprint density at radius 2 is 1.96 bits per heavy atom. The highest BCUT2D eigenvalue weighted by Gasteiger charge is 2.28. The molecule has 0 spiro atoms. The topological polar surface area (TPSA) is 79.7 Å². The minimum absolute atomic E-state index is 0.0483. The number of aromatic nitrogens is 1. The van der Waals surface area contributed by atoms with Crippen LogP contribution in [0.25, 0.3) is 0 Å². The molecule has 2 heterocycles. The highest BCUT2D eigenvalue weighted by atomic mass is 16.5. The minimum Gasteiger partial charge on any atom is -0.481 e. The molecule has 0 saturated carbocycles. The number of ether oxygens (including phenoxy) is 1. The van der Waals surface area contributed by atoms with Crippen molar-refractivity contribution >= 4 is 11.9 Å². The van der Waals surface area contributed by atoms with Gasteiger partial charge in [-0.05, 0) is 43.9 Å². The minimum atomic E-state index is -0.834. The van der Waals surface area contributed by atoms with Gasteiger partial charge in [-0.15, -0.1) is 0 Å². The standard InChI is InChI=1S/C20H22N2O4/c23-19(24)10-9-15-6-4-5-13-22(15)20(25)18-14-17(11-12-21-18)26-16-7-2-1-3-8-16/h1-3,7-8,11-12,14-15H,4-6,9-10,13H2,(H,23,24). The molecule has 0 bridgehead atoms. The smallest absolute Gasteiger partial charge is 0.303 e. The van der Waals surface area contributed by atoms with E-state index < -0.39 is 5.97 Å². The van der Waals surface area contributed by atoms with Crippen molar-refractivity contribution in [1.82, 2.24) is 9.88 Å². The van der Waals surface area contributed by atoms with Gasteiger partial charge in [0.1, 0.15) is 17.2 Å². The molecule has 136 valence electrons. The van der Waals surface area contributed by atoms with E-state index in [1.807, 2.05) is 30.3 Å². The van der Waals surface area contributed by atoms with Crippen LogP contribution in [-0.2, 0) is 4.79 Å². The normalized spacial score (nSPS) is 16.9. The third kappa shape index (κ3) is 4.59. The second kappa shape index (κ2) is 8.47. The van der Waals surface area contributed by atoms with Crippen molar-refractivity contribution in [3.8, 4) is 11.5 Å². The van der Waals surface area contributed by atoms with Gasteiger partial charge in [-0.25, -0.2) is 0 Å². The zero-order chi connectivity index (χ0) is 18.4. The quantitative estimate of drug-likeness (QED) is 0.855. The Labute approximate surface area is 152 Å². The molecule has 26 heavy (non-hydrogen) atoms. The Balaban J connectivity index is 1.73. The van der Waals surface area contributed by atoms with Gasteiger partial charge in [-0.1, -0.05) is 18.2 Å². The first-order valence-electron chi connectivity index (χ1n) is 8.85. The zero-order valence-corrected chi connectivity index (χ0v) is 14.5. The maximum absolute atomic E-state index is 12.9. The number of pyridine rings is 1. The molecule has 6 nitrogen and oxygen atoms in total. The lowest BCUT2D eigenvalue weighted by atomic mass is 9.97. The van der Waals surface area contributed by atoms with Crippen LogP contribution in [0.5, 0.6) is 11.5 Å². The average molecular weight is 354 g/mol. The summed E-state index contributed by atoms with van der Waals surface area (Å²) in [5.74, 6) is 0.237. The van der Waals surface area contributed by atoms with Crippen molar-refractivity contribution in [1.29, 1.82) is 0 Å². The number of carbonyl (C=O) groups is 2. The maximum atomic E-state index is 12.9. The number of piperidine rings is 1. The fourth-order valence-corrected chi connectivity index (χ4v) is 3.22. The lowest BCUT2D eigenvalue weighted by Crippen LogP contribution is -2.44. The van der Waals surface area contributed by atoms with Crippen LogP contribution in [0.15, 0.2) is 48.7 Å². The molecule has 1 aromatic carbocycles. The summed E-state index contributed by atoms with van der Waals surface area (Å²) in [7, 11) is 0. The van der Waals surface area contributed by atoms with Crippen molar-refractivity contribution in [2.75, 3.05) is 6.54 Å². The van der Waals surface area contributed by atoms with Gasteiger partial charge < -0.3 is 14.7 Å². The van der Waals surface area contributed by atoms with E-state index >= 15 is 0 Å². The summed E-state index contributed by atoms with van der Waals surface area (Å²) in [5.41, 5.74) is 0.320. The Hall–Kier alpha value is -2.89. The van der Waals surface area contributed by atoms with Gasteiger partial charge in [0.05, 0.1) is 0 Å². The SMILES string of the molecule is O=C(O)CCC1CCCCN1C(=O)c1cc(Oc2ccccc2)ccn1. The fourth-order valence-electron chi connectivity index (χ4n) is 3.22. The van der Waals surface area contributed by atoms with Crippen LogP contribution >= 0.6 is 0 Å². The molecule has 6 heteroatoms. The van der Waals surface area contributed by atoms with Crippen LogP contribution in [0.4, 0.5) is 0 Å². The molecule has 1 fully saturated rings. The lowest BCUT2D eigenvalue weighted by molar-refractivity contribution is -0.137. The van der Waals surface area contributed by atoms with Crippen molar-refractivity contribution in [3.05, 3.63) is 54.4 Å². The number of carboxylic acid groups (broad SMARTS) is 1. The van der Waals surface area contributed by atoms with Crippen molar-refractivity contribution < 1.29 is 19.4 Å². The molecule has 1 aliphatic rings. The Kier molecular flexibility index (Phi) is 5.84. The van der Waals surface area contributed by atoms with E-state index in [2.05, 4.69) is 4.98 Å². The van der Waals surface area contributed by atoms with Crippen molar-refractivity contribution in [3.63, 3.8) is 0 Å². The van der Waals surface area contributed by atoms with Crippen LogP contribution in [0.3, 0.4) is 0 Å². The zero-order valence-electron chi connectivity index (χ0n) is 14.5. The van der Waals surface area contributed by atoms with Gasteiger partial charge in [0.2, 0.25) is 0 Å². The van der Waals surface area contributed by atoms with E-state index in [1.54, 1.807) is 23.2 Å². The molecule has 1 aliphatic heterocycles. The van der Waals surface area contributed by atoms with E-state index in [1.165, 1.54) is 0 Å². The molecule has 0 aliphatic carbocycles. The largest absolute Gasteiger partial charge is 0.481 e. The highest BCUT2D eigenvalue weighted by Crippen LogP contribution is 2.25. The van der Waals surface area contributed by atoms with Gasteiger partial charge in [-0.2, -0.15) is 0 Å². The van der Waals surface area contributed by atoms with Crippen LogP contribution in [-0.4, -0.2) is 39.5 Å². The van der Waals surface area contributed by atoms with Crippen LogP contribution in [0, 0.1) is 0 Å². The number of rotatable bonds is 6. The molecule has 3 rings (SSSR count). The predicted molar refractivity (Wildman–Crippen MR) is 96.3 cm³/mol. The lowest BCUT2D eigenvalue weighted by Gasteiger charge is -2.35. The molecule has 0 radical (unpaired) electrons. The first-order chi connectivity index (χ1) is 12.6. The molecule has 1 saturated heterocycles. The van der Waals surface area contributed by atoms with Crippen LogP contribution < -0.4 is 4.74 Å². The Morgan fingerprint density at radius 3 is 2.73 bits per heavy atom. The number of benzene rings is 1. The summed E-state index contributed by atoms with van der Waals surface area (Å²) in [6.45, 7) is 0.634. The third-order valence-electron chi connectivity index (χ3n) is 4.51. The highest BCUT2D eigenvalue weighted by molar-refractivity contribution is 5.93. The fraction of sp³-hybridized carbons (Fsp3) is 0.350. The molecular weight excluding hydrogens is 332 g/mol. The Morgan fingerprint density at radius 1 is 1.15 bits per heavy atom. The number of aliphatic carboxylic acids is 1. The first kappa shape index (κ1) is 17.9. The summed E-state index contributed by atoms with van der Waals surface area (Å²) in [5, 5.41) is 8.93. The van der Waals surface area contributed by atoms with Gasteiger partial charge in [0.25, 0.3) is 5.91 Å². The average Bonchev–Trinajstić information content (AvgIpc) is 2.67. The van der Waals surface area contributed by atoms with Crippen LogP contribution in [0.1, 0.15) is 42.6 Å². The van der Waals surface area contributed by atoms with E-state index in [0.29, 0.717) is 30.2 Å². The number of carboxylic acids is 1. The van der Waals surface area contributed by atoms with Gasteiger partial charge in [0.15, 0.2) is 0 Å². The predicted octanol–water partition coefficient (Wildman–Crippen LogP) is 3.73. The number of amides is 1. The second-order valence-electron chi connectivity index (χ2n) is 6.37. The molecule has 1 unspecified atom stereocenters. The molecule has 1 atom stereocenters. The molecule has 1 amide bonds. The third-order valence-corrected chi connectivity index (χ3v) is 4.51. The second-order valence-corrected chi connectivity index (χ2v) is 6.37. The van der Waals surface area contributed by atoms with Gasteiger partial charge in [0, 0.05) is 31.3 Å². The van der Waals surface area contributed by atoms with Gasteiger partial charge in [-0.3, -0.25) is 14.6 Å².